The van der Waals surface area contributed by atoms with Crippen molar-refractivity contribution in [1.82, 2.24) is 0 Å². The van der Waals surface area contributed by atoms with Crippen LogP contribution in [0.25, 0.3) is 0 Å². The number of fused-ring (bicyclic) bond motifs is 1. The van der Waals surface area contributed by atoms with Crippen molar-refractivity contribution in [1.29, 1.82) is 0 Å². The molecule has 2 N–H and O–H groups in total. The molecule has 2 rings (SSSR count). The minimum absolute atomic E-state index is 0.368. The topological polar surface area (TPSA) is 35.5 Å². The molecule has 0 aromatic heterocycles. The van der Waals surface area contributed by atoms with Gasteiger partial charge in [0, 0.05) is 26.3 Å². The lowest BCUT2D eigenvalue weighted by Gasteiger charge is -2.15. The van der Waals surface area contributed by atoms with Gasteiger partial charge in [-0.05, 0) is 24.1 Å². The number of phenolic OH excluding ortho intramolecular Hbond substituents is 1. The Labute approximate surface area is 78.0 Å². The molecule has 0 saturated carbocycles. The summed E-state index contributed by atoms with van der Waals surface area (Å²) in [6.45, 7) is 0.978. The summed E-state index contributed by atoms with van der Waals surface area (Å²) in [7, 11) is 3.85. The zero-order chi connectivity index (χ0) is 9.42. The van der Waals surface area contributed by atoms with E-state index in [4.69, 9.17) is 0 Å². The van der Waals surface area contributed by atoms with E-state index in [0.717, 1.165) is 24.3 Å². The third-order valence-corrected chi connectivity index (χ3v) is 2.39. The predicted molar refractivity (Wildman–Crippen MR) is 54.6 cm³/mol. The van der Waals surface area contributed by atoms with Crippen LogP contribution >= 0.6 is 0 Å². The number of benzene rings is 1. The zero-order valence-corrected chi connectivity index (χ0v) is 7.96. The first-order valence-corrected chi connectivity index (χ1v) is 4.45. The number of hydrogen-bond donors (Lipinski definition) is 2. The maximum absolute atomic E-state index is 9.68. The Morgan fingerprint density at radius 1 is 1.38 bits per heavy atom. The number of hydrogen-bond acceptors (Lipinski definition) is 3. The Morgan fingerprint density at radius 2 is 2.15 bits per heavy atom. The molecule has 1 aromatic carbocycles. The second-order valence-corrected chi connectivity index (χ2v) is 3.57. The molecule has 1 aliphatic heterocycles. The van der Waals surface area contributed by atoms with Gasteiger partial charge < -0.3 is 15.3 Å². The first kappa shape index (κ1) is 8.23. The van der Waals surface area contributed by atoms with Gasteiger partial charge in [0.2, 0.25) is 0 Å². The third-order valence-electron chi connectivity index (χ3n) is 2.39. The van der Waals surface area contributed by atoms with Crippen LogP contribution < -0.4 is 10.2 Å². The van der Waals surface area contributed by atoms with E-state index in [9.17, 15) is 5.11 Å². The Bertz CT molecular complexity index is 334. The molecule has 0 spiro atoms. The van der Waals surface area contributed by atoms with Gasteiger partial charge in [-0.3, -0.25) is 0 Å². The smallest absolute Gasteiger partial charge is 0.139 e. The second kappa shape index (κ2) is 2.83. The molecule has 1 aromatic rings. The van der Waals surface area contributed by atoms with Crippen LogP contribution in [0, 0.1) is 0 Å². The van der Waals surface area contributed by atoms with Crippen molar-refractivity contribution >= 4 is 11.4 Å². The van der Waals surface area contributed by atoms with E-state index in [1.165, 1.54) is 5.56 Å². The molecule has 0 saturated heterocycles. The normalized spacial score (nSPS) is 13.7. The lowest BCUT2D eigenvalue weighted by atomic mass is 10.1. The van der Waals surface area contributed by atoms with Gasteiger partial charge in [-0.2, -0.15) is 0 Å². The lowest BCUT2D eigenvalue weighted by molar-refractivity contribution is 0.475. The molecule has 0 amide bonds. The first-order valence-electron chi connectivity index (χ1n) is 4.45. The SMILES string of the molecule is CN(C)c1cc2c(cc1O)CCN2. The molecular formula is C10H14N2O. The second-order valence-electron chi connectivity index (χ2n) is 3.57. The number of anilines is 2. The Hall–Kier alpha value is -1.38. The van der Waals surface area contributed by atoms with E-state index in [-0.39, 0.29) is 0 Å². The van der Waals surface area contributed by atoms with Crippen molar-refractivity contribution in [2.24, 2.45) is 0 Å². The van der Waals surface area contributed by atoms with Gasteiger partial charge in [-0.1, -0.05) is 0 Å². The summed E-state index contributed by atoms with van der Waals surface area (Å²) >= 11 is 0. The highest BCUT2D eigenvalue weighted by molar-refractivity contribution is 5.70. The van der Waals surface area contributed by atoms with Crippen LogP contribution in [0.15, 0.2) is 12.1 Å². The Morgan fingerprint density at radius 3 is 2.85 bits per heavy atom. The van der Waals surface area contributed by atoms with Crippen LogP contribution in [0.4, 0.5) is 11.4 Å². The largest absolute Gasteiger partial charge is 0.506 e. The highest BCUT2D eigenvalue weighted by Gasteiger charge is 2.14. The predicted octanol–water partition coefficient (Wildman–Crippen LogP) is 1.43. The quantitative estimate of drug-likeness (QED) is 0.638. The minimum Gasteiger partial charge on any atom is -0.506 e. The van der Waals surface area contributed by atoms with E-state index in [1.807, 2.05) is 31.1 Å². The van der Waals surface area contributed by atoms with Crippen molar-refractivity contribution in [2.45, 2.75) is 6.42 Å². The average molecular weight is 178 g/mol. The van der Waals surface area contributed by atoms with Crippen molar-refractivity contribution in [2.75, 3.05) is 30.9 Å². The summed E-state index contributed by atoms with van der Waals surface area (Å²) in [6.07, 6.45) is 1.01. The lowest BCUT2D eigenvalue weighted by Crippen LogP contribution is -2.09. The van der Waals surface area contributed by atoms with Crippen LogP contribution in [-0.2, 0) is 6.42 Å². The summed E-state index contributed by atoms with van der Waals surface area (Å²) in [5.41, 5.74) is 3.23. The molecule has 70 valence electrons. The summed E-state index contributed by atoms with van der Waals surface area (Å²) in [4.78, 5) is 1.91. The fourth-order valence-electron chi connectivity index (χ4n) is 1.68. The molecule has 1 aliphatic rings. The van der Waals surface area contributed by atoms with Gasteiger partial charge in [-0.15, -0.1) is 0 Å². The number of nitrogens with one attached hydrogen (secondary N) is 1. The van der Waals surface area contributed by atoms with Gasteiger partial charge in [0.05, 0.1) is 5.69 Å². The molecule has 3 nitrogen and oxygen atoms in total. The van der Waals surface area contributed by atoms with Crippen molar-refractivity contribution in [3.05, 3.63) is 17.7 Å². The van der Waals surface area contributed by atoms with Crippen molar-refractivity contribution in [3.8, 4) is 5.75 Å². The maximum atomic E-state index is 9.68. The summed E-state index contributed by atoms with van der Waals surface area (Å²) < 4.78 is 0. The number of nitrogens with zero attached hydrogens (tertiary/aromatic N) is 1. The van der Waals surface area contributed by atoms with Crippen LogP contribution in [-0.4, -0.2) is 25.7 Å². The molecule has 0 atom stereocenters. The highest BCUT2D eigenvalue weighted by Crippen LogP contribution is 2.34. The molecule has 1 heterocycles. The van der Waals surface area contributed by atoms with E-state index in [2.05, 4.69) is 5.32 Å². The summed E-state index contributed by atoms with van der Waals surface area (Å²) in [5.74, 6) is 0.368. The molecule has 13 heavy (non-hydrogen) atoms. The first-order chi connectivity index (χ1) is 6.18. The van der Waals surface area contributed by atoms with E-state index in [0.29, 0.717) is 5.75 Å². The van der Waals surface area contributed by atoms with E-state index >= 15 is 0 Å². The molecule has 0 aliphatic carbocycles. The molecule has 0 bridgehead atoms. The molecule has 0 fully saturated rings. The molecule has 0 unspecified atom stereocenters. The monoisotopic (exact) mass is 178 g/mol. The fraction of sp³-hybridized carbons (Fsp3) is 0.400. The van der Waals surface area contributed by atoms with Crippen molar-refractivity contribution < 1.29 is 5.11 Å². The maximum Gasteiger partial charge on any atom is 0.139 e. The number of aromatic hydroxyl groups is 1. The Balaban J connectivity index is 2.49. The van der Waals surface area contributed by atoms with E-state index < -0.39 is 0 Å². The van der Waals surface area contributed by atoms with Gasteiger partial charge in [-0.25, -0.2) is 0 Å². The third kappa shape index (κ3) is 1.30. The van der Waals surface area contributed by atoms with E-state index in [1.54, 1.807) is 0 Å². The van der Waals surface area contributed by atoms with Crippen LogP contribution in [0.3, 0.4) is 0 Å². The fourth-order valence-corrected chi connectivity index (χ4v) is 1.68. The van der Waals surface area contributed by atoms with Crippen LogP contribution in [0.2, 0.25) is 0 Å². The minimum atomic E-state index is 0.368. The Kier molecular flexibility index (Phi) is 1.79. The molecule has 0 radical (unpaired) electrons. The van der Waals surface area contributed by atoms with Gasteiger partial charge in [0.25, 0.3) is 0 Å². The van der Waals surface area contributed by atoms with Gasteiger partial charge in [0.15, 0.2) is 0 Å². The standard InChI is InChI=1S/C10H14N2O/c1-12(2)9-6-8-7(3-4-11-8)5-10(9)13/h5-6,11,13H,3-4H2,1-2H3. The van der Waals surface area contributed by atoms with Crippen LogP contribution in [0.1, 0.15) is 5.56 Å². The average Bonchev–Trinajstić information content (AvgIpc) is 2.48. The summed E-state index contributed by atoms with van der Waals surface area (Å²) in [5, 5.41) is 13.0. The van der Waals surface area contributed by atoms with Crippen LogP contribution in [0.5, 0.6) is 5.75 Å². The summed E-state index contributed by atoms with van der Waals surface area (Å²) in [6, 6.07) is 3.85. The highest BCUT2D eigenvalue weighted by atomic mass is 16.3. The number of rotatable bonds is 1. The van der Waals surface area contributed by atoms with Crippen molar-refractivity contribution in [3.63, 3.8) is 0 Å². The van der Waals surface area contributed by atoms with Gasteiger partial charge in [0.1, 0.15) is 5.75 Å². The zero-order valence-electron chi connectivity index (χ0n) is 7.96. The van der Waals surface area contributed by atoms with Gasteiger partial charge >= 0.3 is 0 Å². The number of phenols is 1. The molecule has 3 heteroatoms. The molecular weight excluding hydrogens is 164 g/mol.